The van der Waals surface area contributed by atoms with Gasteiger partial charge in [-0.3, -0.25) is 15.6 Å². The van der Waals surface area contributed by atoms with Crippen molar-refractivity contribution >= 4 is 6.34 Å². The molecule has 8 heteroatoms. The van der Waals surface area contributed by atoms with Crippen molar-refractivity contribution in [1.82, 2.24) is 31.2 Å². The second-order valence-corrected chi connectivity index (χ2v) is 5.44. The van der Waals surface area contributed by atoms with Crippen LogP contribution in [0.5, 0.6) is 0 Å². The van der Waals surface area contributed by atoms with Gasteiger partial charge in [-0.25, -0.2) is 10.4 Å². The normalized spacial score (nSPS) is 23.4. The molecule has 118 valence electrons. The van der Waals surface area contributed by atoms with Crippen LogP contribution in [0.1, 0.15) is 20.3 Å². The number of hydrogen-bond acceptors (Lipinski definition) is 7. The Hall–Kier alpha value is -0.770. The Labute approximate surface area is 121 Å². The highest BCUT2D eigenvalue weighted by molar-refractivity contribution is 5.57. The highest BCUT2D eigenvalue weighted by atomic mass is 16.6. The number of aliphatic imine (C=N–C) groups is 1. The Balaban J connectivity index is 2.43. The first-order valence-electron chi connectivity index (χ1n) is 6.97. The van der Waals surface area contributed by atoms with Crippen molar-refractivity contribution in [2.45, 2.75) is 32.1 Å². The molecule has 0 unspecified atom stereocenters. The molecule has 0 aromatic carbocycles. The summed E-state index contributed by atoms with van der Waals surface area (Å²) in [7, 11) is 5.65. The van der Waals surface area contributed by atoms with Crippen LogP contribution in [-0.2, 0) is 0 Å². The van der Waals surface area contributed by atoms with Crippen LogP contribution in [0.15, 0.2) is 4.99 Å². The standard InChI is InChI=1S/C12H28N7O/c1-12(2)18(10-14-4)11(16-19(12)20)6-7-15-17(5)9-8-13-3/h10-11,13,15-16H,6-9H2,1-5H3/q-1/t11-/m0/s1. The van der Waals surface area contributed by atoms with E-state index >= 15 is 0 Å². The summed E-state index contributed by atoms with van der Waals surface area (Å²) in [5.41, 5.74) is 5.63. The van der Waals surface area contributed by atoms with Crippen LogP contribution in [0.3, 0.4) is 0 Å². The molecule has 20 heavy (non-hydrogen) atoms. The minimum absolute atomic E-state index is 0.0450. The lowest BCUT2D eigenvalue weighted by molar-refractivity contribution is 0.119. The quantitative estimate of drug-likeness (QED) is 0.311. The Morgan fingerprint density at radius 2 is 2.15 bits per heavy atom. The van der Waals surface area contributed by atoms with Crippen LogP contribution < -0.4 is 16.2 Å². The van der Waals surface area contributed by atoms with Crippen LogP contribution in [0, 0.1) is 5.21 Å². The summed E-state index contributed by atoms with van der Waals surface area (Å²) >= 11 is 0. The molecule has 8 nitrogen and oxygen atoms in total. The fraction of sp³-hybridized carbons (Fsp3) is 0.917. The molecule has 0 aliphatic carbocycles. The largest absolute Gasteiger partial charge is 0.770 e. The maximum absolute atomic E-state index is 11.9. The molecule has 0 spiro atoms. The van der Waals surface area contributed by atoms with Crippen LogP contribution in [-0.4, -0.2) is 74.0 Å². The molecule has 1 atom stereocenters. The van der Waals surface area contributed by atoms with Gasteiger partial charge < -0.3 is 15.4 Å². The van der Waals surface area contributed by atoms with Crippen molar-refractivity contribution in [2.24, 2.45) is 4.99 Å². The van der Waals surface area contributed by atoms with Crippen molar-refractivity contribution in [3.05, 3.63) is 5.21 Å². The van der Waals surface area contributed by atoms with E-state index in [2.05, 4.69) is 21.2 Å². The highest BCUT2D eigenvalue weighted by Gasteiger charge is 2.38. The predicted molar refractivity (Wildman–Crippen MR) is 81.6 cm³/mol. The predicted octanol–water partition coefficient (Wildman–Crippen LogP) is -0.627. The number of hydroxylamine groups is 1. The van der Waals surface area contributed by atoms with E-state index in [1.54, 1.807) is 13.4 Å². The van der Waals surface area contributed by atoms with E-state index in [0.717, 1.165) is 31.2 Å². The van der Waals surface area contributed by atoms with Crippen molar-refractivity contribution in [2.75, 3.05) is 40.8 Å². The second-order valence-electron chi connectivity index (χ2n) is 5.44. The molecular weight excluding hydrogens is 258 g/mol. The molecular formula is C12H28N7O-. The molecule has 1 rings (SSSR count). The van der Waals surface area contributed by atoms with E-state index in [0.29, 0.717) is 0 Å². The molecule has 1 aliphatic rings. The SMILES string of the molecule is CN=CN1[C@@H](CCNN(C)CCNC)NN([O-])C1(C)C. The van der Waals surface area contributed by atoms with Gasteiger partial charge in [0.1, 0.15) is 0 Å². The molecule has 3 N–H and O–H groups in total. The molecule has 1 heterocycles. The van der Waals surface area contributed by atoms with Gasteiger partial charge in [0.25, 0.3) is 0 Å². The average Bonchev–Trinajstić information content (AvgIpc) is 2.60. The Kier molecular flexibility index (Phi) is 6.80. The summed E-state index contributed by atoms with van der Waals surface area (Å²) in [6, 6.07) is 0. The van der Waals surface area contributed by atoms with E-state index in [1.807, 2.05) is 37.9 Å². The average molecular weight is 286 g/mol. The Morgan fingerprint density at radius 3 is 2.75 bits per heavy atom. The topological polar surface area (TPSA) is 81.2 Å². The van der Waals surface area contributed by atoms with E-state index in [1.165, 1.54) is 0 Å². The van der Waals surface area contributed by atoms with Gasteiger partial charge in [-0.05, 0) is 27.3 Å². The summed E-state index contributed by atoms with van der Waals surface area (Å²) in [4.78, 5) is 5.99. The van der Waals surface area contributed by atoms with Crippen molar-refractivity contribution in [1.29, 1.82) is 0 Å². The number of rotatable bonds is 8. The Morgan fingerprint density at radius 1 is 1.45 bits per heavy atom. The van der Waals surface area contributed by atoms with Crippen molar-refractivity contribution in [3.63, 3.8) is 0 Å². The third-order valence-corrected chi connectivity index (χ3v) is 3.47. The van der Waals surface area contributed by atoms with Gasteiger partial charge in [-0.2, -0.15) is 0 Å². The third kappa shape index (κ3) is 4.37. The Bertz CT molecular complexity index is 310. The van der Waals surface area contributed by atoms with Crippen molar-refractivity contribution in [3.8, 4) is 0 Å². The lowest BCUT2D eigenvalue weighted by atomic mass is 10.2. The molecule has 1 fully saturated rings. The lowest BCUT2D eigenvalue weighted by Gasteiger charge is -2.39. The molecule has 0 saturated carbocycles. The van der Waals surface area contributed by atoms with Gasteiger partial charge in [-0.15, -0.1) is 0 Å². The molecule has 0 amide bonds. The maximum atomic E-state index is 11.9. The van der Waals surface area contributed by atoms with Gasteiger partial charge in [-0.1, -0.05) is 0 Å². The number of nitrogens with zero attached hydrogens (tertiary/aromatic N) is 4. The van der Waals surface area contributed by atoms with E-state index < -0.39 is 5.66 Å². The van der Waals surface area contributed by atoms with Gasteiger partial charge >= 0.3 is 0 Å². The first-order valence-corrected chi connectivity index (χ1v) is 6.97. The summed E-state index contributed by atoms with van der Waals surface area (Å²) < 4.78 is 0. The minimum atomic E-state index is -0.623. The third-order valence-electron chi connectivity index (χ3n) is 3.47. The number of likely N-dealkylation sites (N-methyl/N-ethyl adjacent to an activating group) is 2. The van der Waals surface area contributed by atoms with Gasteiger partial charge in [0.2, 0.25) is 0 Å². The van der Waals surface area contributed by atoms with Gasteiger partial charge in [0.05, 0.1) is 18.2 Å². The zero-order chi connectivity index (χ0) is 15.2. The summed E-state index contributed by atoms with van der Waals surface area (Å²) in [5, 5.41) is 17.9. The summed E-state index contributed by atoms with van der Waals surface area (Å²) in [6.45, 7) is 6.40. The van der Waals surface area contributed by atoms with Crippen LogP contribution in [0.2, 0.25) is 0 Å². The maximum Gasteiger partial charge on any atom is 0.0954 e. The van der Waals surface area contributed by atoms with E-state index in [-0.39, 0.29) is 6.17 Å². The number of hydrazine groups is 2. The molecule has 0 bridgehead atoms. The number of nitrogens with one attached hydrogen (secondary N) is 3. The van der Waals surface area contributed by atoms with Crippen molar-refractivity contribution < 1.29 is 0 Å². The smallest absolute Gasteiger partial charge is 0.0954 e. The summed E-state index contributed by atoms with van der Waals surface area (Å²) in [5.74, 6) is 0. The number of hydrogen-bond donors (Lipinski definition) is 3. The van der Waals surface area contributed by atoms with Crippen LogP contribution in [0.4, 0.5) is 0 Å². The molecule has 1 aliphatic heterocycles. The van der Waals surface area contributed by atoms with Gasteiger partial charge in [0.15, 0.2) is 0 Å². The monoisotopic (exact) mass is 286 g/mol. The fourth-order valence-corrected chi connectivity index (χ4v) is 2.14. The molecule has 0 aromatic heterocycles. The minimum Gasteiger partial charge on any atom is -0.770 e. The zero-order valence-electron chi connectivity index (χ0n) is 13.2. The fourth-order valence-electron chi connectivity index (χ4n) is 2.14. The van der Waals surface area contributed by atoms with E-state index in [4.69, 9.17) is 0 Å². The first kappa shape index (κ1) is 17.3. The summed E-state index contributed by atoms with van der Waals surface area (Å²) in [6.07, 6.45) is 2.48. The molecule has 1 saturated heterocycles. The zero-order valence-corrected chi connectivity index (χ0v) is 13.2. The van der Waals surface area contributed by atoms with E-state index in [9.17, 15) is 5.21 Å². The van der Waals surface area contributed by atoms with Crippen LogP contribution in [0.25, 0.3) is 0 Å². The lowest BCUT2D eigenvalue weighted by Crippen LogP contribution is -2.48. The second kappa shape index (κ2) is 7.87. The molecule has 0 radical (unpaired) electrons. The highest BCUT2D eigenvalue weighted by Crippen LogP contribution is 2.25. The molecule has 0 aromatic rings. The first-order chi connectivity index (χ1) is 9.43. The van der Waals surface area contributed by atoms with Crippen LogP contribution >= 0.6 is 0 Å². The van der Waals surface area contributed by atoms with Gasteiger partial charge in [0, 0.05) is 33.7 Å².